The minimum absolute atomic E-state index is 0.139. The van der Waals surface area contributed by atoms with Crippen LogP contribution in [0.4, 0.5) is 35.9 Å². The molecule has 0 aliphatic rings. The van der Waals surface area contributed by atoms with Crippen molar-refractivity contribution in [1.82, 2.24) is 4.98 Å². The maximum atomic E-state index is 12.9. The van der Waals surface area contributed by atoms with Gasteiger partial charge in [0.05, 0.1) is 20.9 Å². The van der Waals surface area contributed by atoms with E-state index in [9.17, 15) is 38.5 Å². The molecule has 10 nitrogen and oxygen atoms in total. The van der Waals surface area contributed by atoms with Crippen molar-refractivity contribution < 1.29 is 28.1 Å². The minimum atomic E-state index is -5.04. The zero-order valence-corrected chi connectivity index (χ0v) is 14.4. The number of halogens is 3. The smallest absolute Gasteiger partial charge is 0.416 e. The average Bonchev–Trinajstić information content (AvgIpc) is 2.95. The zero-order valence-electron chi connectivity index (χ0n) is 14.4. The first kappa shape index (κ1) is 19.7. The maximum Gasteiger partial charge on any atom is 0.416 e. The number of para-hydroxylation sites is 1. The Morgan fingerprint density at radius 3 is 2.10 bits per heavy atom. The van der Waals surface area contributed by atoms with Crippen LogP contribution in [0.15, 0.2) is 40.6 Å². The van der Waals surface area contributed by atoms with E-state index in [2.05, 4.69) is 15.2 Å². The van der Waals surface area contributed by atoms with Crippen molar-refractivity contribution in [3.05, 3.63) is 61.7 Å². The van der Waals surface area contributed by atoms with Crippen LogP contribution in [0.2, 0.25) is 0 Å². The molecule has 1 heterocycles. The van der Waals surface area contributed by atoms with E-state index in [1.165, 1.54) is 0 Å². The lowest BCUT2D eigenvalue weighted by atomic mass is 10.1. The van der Waals surface area contributed by atoms with Crippen LogP contribution in [0.5, 0.6) is 5.88 Å². The number of aromatic amines is 1. The lowest BCUT2D eigenvalue weighted by molar-refractivity contribution is -0.393. The summed E-state index contributed by atoms with van der Waals surface area (Å²) in [5, 5.41) is 39.9. The molecule has 0 saturated heterocycles. The SMILES string of the molecule is Cc1cccc2c(N=Nc3c([N+](=O)[O-])cc(C(F)(F)F)cc3[N+](=O)[O-])c(O)[nH]c12. The number of H-pyrrole nitrogens is 1. The van der Waals surface area contributed by atoms with Gasteiger partial charge < -0.3 is 10.1 Å². The standard InChI is InChI=1S/C16H10F3N5O5/c1-7-3-2-4-9-12(7)20-15(25)13(9)21-22-14-10(23(26)27)5-8(16(17,18)19)6-11(14)24(28)29/h2-6,20,25H,1H3. The number of azo groups is 1. The Labute approximate surface area is 158 Å². The average molecular weight is 409 g/mol. The second-order valence-corrected chi connectivity index (χ2v) is 5.89. The number of hydrogen-bond acceptors (Lipinski definition) is 7. The predicted molar refractivity (Wildman–Crippen MR) is 93.6 cm³/mol. The molecule has 0 aliphatic carbocycles. The molecule has 29 heavy (non-hydrogen) atoms. The lowest BCUT2D eigenvalue weighted by Crippen LogP contribution is -2.07. The lowest BCUT2D eigenvalue weighted by Gasteiger charge is -2.07. The number of fused-ring (bicyclic) bond motifs is 1. The predicted octanol–water partition coefficient (Wildman–Crippen LogP) is 5.43. The summed E-state index contributed by atoms with van der Waals surface area (Å²) in [6.45, 7) is 1.73. The highest BCUT2D eigenvalue weighted by Gasteiger charge is 2.38. The number of hydrogen-bond donors (Lipinski definition) is 2. The first-order valence-corrected chi connectivity index (χ1v) is 7.76. The first-order valence-electron chi connectivity index (χ1n) is 7.76. The van der Waals surface area contributed by atoms with Crippen LogP contribution in [0.1, 0.15) is 11.1 Å². The van der Waals surface area contributed by atoms with Gasteiger partial charge in [-0.15, -0.1) is 10.2 Å². The van der Waals surface area contributed by atoms with Crippen molar-refractivity contribution in [1.29, 1.82) is 0 Å². The largest absolute Gasteiger partial charge is 0.493 e. The fourth-order valence-corrected chi connectivity index (χ4v) is 2.69. The van der Waals surface area contributed by atoms with Crippen molar-refractivity contribution in [2.45, 2.75) is 13.1 Å². The molecule has 0 radical (unpaired) electrons. The van der Waals surface area contributed by atoms with Crippen LogP contribution >= 0.6 is 0 Å². The van der Waals surface area contributed by atoms with Crippen molar-refractivity contribution in [3.8, 4) is 5.88 Å². The molecule has 13 heteroatoms. The van der Waals surface area contributed by atoms with E-state index in [1.807, 2.05) is 0 Å². The molecule has 0 amide bonds. The van der Waals surface area contributed by atoms with E-state index in [4.69, 9.17) is 0 Å². The number of rotatable bonds is 4. The van der Waals surface area contributed by atoms with E-state index in [-0.39, 0.29) is 17.8 Å². The van der Waals surface area contributed by atoms with Gasteiger partial charge in [0, 0.05) is 17.5 Å². The summed E-state index contributed by atoms with van der Waals surface area (Å²) >= 11 is 0. The van der Waals surface area contributed by atoms with E-state index in [0.717, 1.165) is 5.56 Å². The second-order valence-electron chi connectivity index (χ2n) is 5.89. The molecule has 0 fully saturated rings. The molecule has 2 N–H and O–H groups in total. The van der Waals surface area contributed by atoms with Gasteiger partial charge in [0.15, 0.2) is 5.69 Å². The summed E-state index contributed by atoms with van der Waals surface area (Å²) in [5.74, 6) is -0.463. The molecule has 0 unspecified atom stereocenters. The van der Waals surface area contributed by atoms with Crippen molar-refractivity contribution in [3.63, 3.8) is 0 Å². The summed E-state index contributed by atoms with van der Waals surface area (Å²) < 4.78 is 38.8. The third-order valence-electron chi connectivity index (χ3n) is 4.04. The molecule has 3 rings (SSSR count). The number of nitro benzene ring substituents is 2. The van der Waals surface area contributed by atoms with Gasteiger partial charge in [-0.3, -0.25) is 20.2 Å². The molecule has 0 saturated carbocycles. The highest BCUT2D eigenvalue weighted by molar-refractivity contribution is 5.96. The van der Waals surface area contributed by atoms with Gasteiger partial charge in [0.2, 0.25) is 11.6 Å². The monoisotopic (exact) mass is 409 g/mol. The van der Waals surface area contributed by atoms with E-state index >= 15 is 0 Å². The van der Waals surface area contributed by atoms with Crippen LogP contribution in [0.25, 0.3) is 10.9 Å². The van der Waals surface area contributed by atoms with Crippen LogP contribution in [-0.4, -0.2) is 19.9 Å². The second kappa shape index (κ2) is 6.85. The summed E-state index contributed by atoms with van der Waals surface area (Å²) in [7, 11) is 0. The highest BCUT2D eigenvalue weighted by Crippen LogP contribution is 2.44. The zero-order chi connectivity index (χ0) is 21.5. The van der Waals surface area contributed by atoms with E-state index < -0.39 is 44.5 Å². The molecule has 2 aromatic carbocycles. The topological polar surface area (TPSA) is 147 Å². The number of aryl methyl sites for hydroxylation is 1. The normalized spacial score (nSPS) is 12.0. The third kappa shape index (κ3) is 3.56. The summed E-state index contributed by atoms with van der Waals surface area (Å²) in [6, 6.07) is 5.18. The number of benzene rings is 2. The Balaban J connectivity index is 2.24. The molecule has 0 aliphatic heterocycles. The minimum Gasteiger partial charge on any atom is -0.493 e. The van der Waals surface area contributed by atoms with Gasteiger partial charge in [-0.25, -0.2) is 0 Å². The number of nitro groups is 2. The number of aromatic nitrogens is 1. The molecule has 0 spiro atoms. The van der Waals surface area contributed by atoms with Gasteiger partial charge in [-0.1, -0.05) is 18.2 Å². The molecular formula is C16H10F3N5O5. The van der Waals surface area contributed by atoms with Gasteiger partial charge in [-0.2, -0.15) is 13.2 Å². The number of nitrogens with zero attached hydrogens (tertiary/aromatic N) is 4. The Bertz CT molecular complexity index is 1150. The fraction of sp³-hybridized carbons (Fsp3) is 0.125. The molecule has 0 atom stereocenters. The number of aromatic hydroxyl groups is 1. The summed E-state index contributed by atoms with van der Waals surface area (Å²) in [4.78, 5) is 22.6. The summed E-state index contributed by atoms with van der Waals surface area (Å²) in [5.41, 5.74) is -4.00. The Morgan fingerprint density at radius 1 is 1.03 bits per heavy atom. The Hall–Kier alpha value is -4.03. The molecule has 3 aromatic rings. The van der Waals surface area contributed by atoms with Crippen molar-refractivity contribution in [2.75, 3.05) is 0 Å². The van der Waals surface area contributed by atoms with Crippen molar-refractivity contribution >= 4 is 33.7 Å². The molecule has 1 aromatic heterocycles. The number of alkyl halides is 3. The molecule has 0 bridgehead atoms. The van der Waals surface area contributed by atoms with Gasteiger partial charge in [0.1, 0.15) is 0 Å². The first-order chi connectivity index (χ1) is 13.5. The Morgan fingerprint density at radius 2 is 1.59 bits per heavy atom. The fourth-order valence-electron chi connectivity index (χ4n) is 2.69. The number of nitrogens with one attached hydrogen (secondary N) is 1. The van der Waals surface area contributed by atoms with Gasteiger partial charge in [-0.05, 0) is 12.5 Å². The van der Waals surface area contributed by atoms with Crippen LogP contribution in [-0.2, 0) is 6.18 Å². The quantitative estimate of drug-likeness (QED) is 0.335. The van der Waals surface area contributed by atoms with Gasteiger partial charge in [0.25, 0.3) is 0 Å². The Kier molecular flexibility index (Phi) is 4.66. The molecule has 150 valence electrons. The van der Waals surface area contributed by atoms with Crippen LogP contribution in [0, 0.1) is 27.2 Å². The highest BCUT2D eigenvalue weighted by atomic mass is 19.4. The maximum absolute atomic E-state index is 12.9. The van der Waals surface area contributed by atoms with Gasteiger partial charge >= 0.3 is 17.6 Å². The van der Waals surface area contributed by atoms with E-state index in [1.54, 1.807) is 25.1 Å². The summed E-state index contributed by atoms with van der Waals surface area (Å²) in [6.07, 6.45) is -5.04. The van der Waals surface area contributed by atoms with E-state index in [0.29, 0.717) is 10.9 Å². The van der Waals surface area contributed by atoms with Crippen molar-refractivity contribution in [2.24, 2.45) is 10.2 Å². The third-order valence-corrected chi connectivity index (χ3v) is 4.04. The molecular weight excluding hydrogens is 399 g/mol. The van der Waals surface area contributed by atoms with Crippen LogP contribution < -0.4 is 0 Å². The van der Waals surface area contributed by atoms with Crippen LogP contribution in [0.3, 0.4) is 0 Å².